The Labute approximate surface area is 173 Å². The first-order valence-electron chi connectivity index (χ1n) is 9.28. The van der Waals surface area contributed by atoms with E-state index in [1.807, 2.05) is 56.3 Å². The fourth-order valence-corrected chi connectivity index (χ4v) is 4.33. The highest BCUT2D eigenvalue weighted by Gasteiger charge is 2.35. The second-order valence-electron chi connectivity index (χ2n) is 7.19. The van der Waals surface area contributed by atoms with Crippen molar-refractivity contribution in [1.29, 1.82) is 0 Å². The van der Waals surface area contributed by atoms with Gasteiger partial charge in [-0.25, -0.2) is 10.2 Å². The summed E-state index contributed by atoms with van der Waals surface area (Å²) in [6.45, 7) is 3.91. The number of nitrogens with one attached hydrogen (secondary N) is 2. The molecule has 2 aromatic carbocycles. The highest BCUT2D eigenvalue weighted by atomic mass is 32.2. The minimum Gasteiger partial charge on any atom is -0.320 e. The van der Waals surface area contributed by atoms with E-state index in [0.29, 0.717) is 6.42 Å². The number of thioether (sulfide) groups is 1. The Morgan fingerprint density at radius 3 is 2.62 bits per heavy atom. The second kappa shape index (κ2) is 9.11. The van der Waals surface area contributed by atoms with Gasteiger partial charge in [0.25, 0.3) is 12.2 Å². The summed E-state index contributed by atoms with van der Waals surface area (Å²) >= 11 is 1.33. The summed E-state index contributed by atoms with van der Waals surface area (Å²) in [4.78, 5) is 37.6. The Hall–Kier alpha value is -2.84. The van der Waals surface area contributed by atoms with Crippen molar-refractivity contribution in [1.82, 2.24) is 15.8 Å². The number of hydrogen-bond acceptors (Lipinski definition) is 5. The summed E-state index contributed by atoms with van der Waals surface area (Å²) in [5, 5.41) is 3.14. The van der Waals surface area contributed by atoms with Crippen LogP contribution in [0, 0.1) is 5.92 Å². The quantitative estimate of drug-likeness (QED) is 0.656. The standard InChI is InChI=1S/C21H23N4O3S/c1-13(2)10-18(22)19(27)23-24-21(28)25-15(11-26)12-29-20(25)17-9-5-7-14-6-3-4-8-16(14)17/h3-9,12-13,18,20H,10,22H2,1-2H3,(H,23,27)(H,24,28)/t18-,20?/m0/s1. The first kappa shape index (κ1) is 20.9. The Bertz CT molecular complexity index is 955. The van der Waals surface area contributed by atoms with Crippen molar-refractivity contribution in [3.8, 4) is 0 Å². The third kappa shape index (κ3) is 4.60. The molecular weight excluding hydrogens is 388 g/mol. The predicted molar refractivity (Wildman–Crippen MR) is 114 cm³/mol. The van der Waals surface area contributed by atoms with Crippen LogP contribution >= 0.6 is 11.8 Å². The van der Waals surface area contributed by atoms with Crippen molar-refractivity contribution in [3.05, 3.63) is 59.1 Å². The zero-order chi connectivity index (χ0) is 21.0. The van der Waals surface area contributed by atoms with Gasteiger partial charge in [-0.2, -0.15) is 0 Å². The van der Waals surface area contributed by atoms with Gasteiger partial charge in [0.15, 0.2) is 0 Å². The van der Waals surface area contributed by atoms with E-state index in [4.69, 9.17) is 5.73 Å². The minimum absolute atomic E-state index is 0.103. The summed E-state index contributed by atoms with van der Waals surface area (Å²) < 4.78 is 0. The van der Waals surface area contributed by atoms with Gasteiger partial charge in [0, 0.05) is 5.41 Å². The summed E-state index contributed by atoms with van der Waals surface area (Å²) in [5.41, 5.74) is 11.5. The molecule has 1 aliphatic heterocycles. The van der Waals surface area contributed by atoms with Crippen LogP contribution in [0.3, 0.4) is 0 Å². The Morgan fingerprint density at radius 2 is 1.90 bits per heavy atom. The highest BCUT2D eigenvalue weighted by Crippen LogP contribution is 2.44. The average molecular weight is 412 g/mol. The first-order valence-corrected chi connectivity index (χ1v) is 10.2. The number of hydrazine groups is 1. The molecule has 29 heavy (non-hydrogen) atoms. The van der Waals surface area contributed by atoms with E-state index >= 15 is 0 Å². The summed E-state index contributed by atoms with van der Waals surface area (Å²) in [6.07, 6.45) is 2.29. The molecule has 0 fully saturated rings. The lowest BCUT2D eigenvalue weighted by molar-refractivity contribution is -0.123. The van der Waals surface area contributed by atoms with Crippen molar-refractivity contribution in [2.24, 2.45) is 11.7 Å². The number of benzene rings is 2. The Balaban J connectivity index is 1.79. The van der Waals surface area contributed by atoms with E-state index in [9.17, 15) is 14.4 Å². The molecule has 3 amide bonds. The van der Waals surface area contributed by atoms with Gasteiger partial charge in [-0.3, -0.25) is 19.9 Å². The number of carbonyl (C=O) groups is 2. The molecule has 2 aromatic rings. The molecule has 3 rings (SSSR count). The van der Waals surface area contributed by atoms with Crippen LogP contribution < -0.4 is 16.6 Å². The number of amides is 3. The predicted octanol–water partition coefficient (Wildman–Crippen LogP) is 2.95. The van der Waals surface area contributed by atoms with Crippen LogP contribution in [-0.2, 0) is 9.59 Å². The van der Waals surface area contributed by atoms with Crippen LogP contribution in [0.25, 0.3) is 10.8 Å². The zero-order valence-electron chi connectivity index (χ0n) is 16.2. The SMILES string of the molecule is CC(C)C[C@H](N)C(=O)NNC(=O)N1C([C]=O)=CSC1c1cccc2ccccc12. The summed E-state index contributed by atoms with van der Waals surface area (Å²) in [5.74, 6) is -0.238. The lowest BCUT2D eigenvalue weighted by atomic mass is 10.0. The van der Waals surface area contributed by atoms with Crippen molar-refractivity contribution in [2.75, 3.05) is 0 Å². The molecule has 0 spiro atoms. The van der Waals surface area contributed by atoms with Gasteiger partial charge in [-0.1, -0.05) is 56.3 Å². The molecule has 151 valence electrons. The van der Waals surface area contributed by atoms with Crippen molar-refractivity contribution in [3.63, 3.8) is 0 Å². The maximum atomic E-state index is 12.8. The van der Waals surface area contributed by atoms with Crippen LogP contribution in [0.5, 0.6) is 0 Å². The number of nitrogens with zero attached hydrogens (tertiary/aromatic N) is 1. The van der Waals surface area contributed by atoms with E-state index in [-0.39, 0.29) is 11.6 Å². The molecule has 0 saturated carbocycles. The molecule has 4 N–H and O–H groups in total. The Morgan fingerprint density at radius 1 is 1.17 bits per heavy atom. The fraction of sp³-hybridized carbons (Fsp3) is 0.286. The molecule has 0 aromatic heterocycles. The van der Waals surface area contributed by atoms with Gasteiger partial charge >= 0.3 is 6.03 Å². The molecule has 0 bridgehead atoms. The maximum absolute atomic E-state index is 12.8. The molecule has 2 atom stereocenters. The third-order valence-electron chi connectivity index (χ3n) is 4.57. The lowest BCUT2D eigenvalue weighted by Gasteiger charge is -2.26. The average Bonchev–Trinajstić information content (AvgIpc) is 3.14. The molecule has 7 nitrogen and oxygen atoms in total. The molecule has 8 heteroatoms. The highest BCUT2D eigenvalue weighted by molar-refractivity contribution is 8.02. The van der Waals surface area contributed by atoms with E-state index in [2.05, 4.69) is 10.9 Å². The lowest BCUT2D eigenvalue weighted by Crippen LogP contribution is -2.53. The third-order valence-corrected chi connectivity index (χ3v) is 5.65. The molecule has 1 aliphatic rings. The van der Waals surface area contributed by atoms with Crippen LogP contribution in [0.2, 0.25) is 0 Å². The van der Waals surface area contributed by atoms with Crippen LogP contribution in [0.15, 0.2) is 53.6 Å². The smallest absolute Gasteiger partial charge is 0.320 e. The number of rotatable bonds is 5. The molecular formula is C21H23N4O3S. The van der Waals surface area contributed by atoms with Crippen molar-refractivity contribution >= 4 is 40.8 Å². The van der Waals surface area contributed by atoms with Gasteiger partial charge in [0.2, 0.25) is 0 Å². The summed E-state index contributed by atoms with van der Waals surface area (Å²) in [7, 11) is 0. The fourth-order valence-electron chi connectivity index (χ4n) is 3.22. The number of fused-ring (bicyclic) bond motifs is 1. The molecule has 1 unspecified atom stereocenters. The van der Waals surface area contributed by atoms with Crippen molar-refractivity contribution in [2.45, 2.75) is 31.7 Å². The number of carbonyl (C=O) groups excluding carboxylic acids is 3. The zero-order valence-corrected chi connectivity index (χ0v) is 17.0. The van der Waals surface area contributed by atoms with Crippen LogP contribution in [0.1, 0.15) is 31.2 Å². The first-order chi connectivity index (χ1) is 13.9. The van der Waals surface area contributed by atoms with Gasteiger partial charge in [0.1, 0.15) is 11.1 Å². The maximum Gasteiger partial charge on any atom is 0.341 e. The van der Waals surface area contributed by atoms with E-state index in [1.54, 1.807) is 11.7 Å². The normalized spacial score (nSPS) is 17.2. The molecule has 1 heterocycles. The minimum atomic E-state index is -0.732. The van der Waals surface area contributed by atoms with Crippen molar-refractivity contribution < 1.29 is 14.4 Å². The molecule has 0 aliphatic carbocycles. The van der Waals surface area contributed by atoms with Crippen LogP contribution in [-0.4, -0.2) is 29.2 Å². The van der Waals surface area contributed by atoms with Gasteiger partial charge < -0.3 is 5.73 Å². The van der Waals surface area contributed by atoms with Gasteiger partial charge in [-0.15, -0.1) is 11.8 Å². The molecule has 1 radical (unpaired) electrons. The van der Waals surface area contributed by atoms with E-state index in [1.165, 1.54) is 16.7 Å². The topological polar surface area (TPSA) is 105 Å². The number of urea groups is 1. The number of hydrogen-bond donors (Lipinski definition) is 3. The summed E-state index contributed by atoms with van der Waals surface area (Å²) in [6, 6.07) is 12.3. The Kier molecular flexibility index (Phi) is 6.56. The van der Waals surface area contributed by atoms with Gasteiger partial charge in [0.05, 0.1) is 6.04 Å². The largest absolute Gasteiger partial charge is 0.341 e. The number of allylic oxidation sites excluding steroid dienone is 1. The van der Waals surface area contributed by atoms with E-state index < -0.39 is 23.4 Å². The van der Waals surface area contributed by atoms with Crippen LogP contribution in [0.4, 0.5) is 4.79 Å². The van der Waals surface area contributed by atoms with E-state index in [0.717, 1.165) is 16.3 Å². The van der Waals surface area contributed by atoms with Gasteiger partial charge in [-0.05, 0) is 28.7 Å². The monoisotopic (exact) mass is 411 g/mol. The second-order valence-corrected chi connectivity index (χ2v) is 8.14. The molecule has 0 saturated heterocycles. The number of nitrogens with two attached hydrogens (primary N) is 1.